The molecule has 2 aromatic carbocycles. The molecular formula is C19H20NO2P. The lowest BCUT2D eigenvalue weighted by molar-refractivity contribution is 0.136. The van der Waals surface area contributed by atoms with Gasteiger partial charge in [0.25, 0.3) is 0 Å². The van der Waals surface area contributed by atoms with E-state index in [1.165, 1.54) is 17.7 Å². The number of methoxy groups -OCH3 is 1. The van der Waals surface area contributed by atoms with Gasteiger partial charge in [0.15, 0.2) is 0 Å². The van der Waals surface area contributed by atoms with Gasteiger partial charge < -0.3 is 4.74 Å². The van der Waals surface area contributed by atoms with Crippen molar-refractivity contribution < 1.29 is 9.53 Å². The van der Waals surface area contributed by atoms with Crippen molar-refractivity contribution in [3.8, 4) is 0 Å². The summed E-state index contributed by atoms with van der Waals surface area (Å²) in [5, 5.41) is 2.49. The molecule has 118 valence electrons. The molecule has 0 fully saturated rings. The molecule has 0 N–H and O–H groups in total. The quantitative estimate of drug-likeness (QED) is 0.803. The molecule has 0 atom stereocenters. The fourth-order valence-electron chi connectivity index (χ4n) is 2.78. The smallest absolute Gasteiger partial charge is 0.414 e. The Balaban J connectivity index is 2.08. The highest BCUT2D eigenvalue weighted by atomic mass is 31.1. The lowest BCUT2D eigenvalue weighted by Gasteiger charge is -2.33. The molecule has 0 saturated heterocycles. The molecule has 1 amide bonds. The number of ether oxygens (including phenoxy) is 1. The molecule has 0 spiro atoms. The number of rotatable bonds is 3. The van der Waals surface area contributed by atoms with Crippen molar-refractivity contribution in [1.82, 2.24) is 4.90 Å². The Hall–Kier alpha value is -2.12. The maximum absolute atomic E-state index is 12.2. The standard InChI is InChI=1S/C19H20NO2P/c1-22-19(21)20-15-9-8-14-18(20)23(16-10-4-2-5-11-16)17-12-6-3-7-13-17/h2-7,10-14H,8-9,15H2,1H3. The van der Waals surface area contributed by atoms with Crippen molar-refractivity contribution in [2.45, 2.75) is 12.8 Å². The molecule has 0 bridgehead atoms. The predicted octanol–water partition coefficient (Wildman–Crippen LogP) is 3.82. The van der Waals surface area contributed by atoms with Crippen LogP contribution in [0.5, 0.6) is 0 Å². The average Bonchev–Trinajstić information content (AvgIpc) is 2.63. The van der Waals surface area contributed by atoms with Crippen LogP contribution in [0.1, 0.15) is 12.8 Å². The topological polar surface area (TPSA) is 29.5 Å². The molecule has 1 heterocycles. The van der Waals surface area contributed by atoms with E-state index >= 15 is 0 Å². The van der Waals surface area contributed by atoms with Crippen LogP contribution in [-0.4, -0.2) is 24.6 Å². The minimum absolute atomic E-state index is 0.268. The zero-order chi connectivity index (χ0) is 16.1. The highest BCUT2D eigenvalue weighted by Crippen LogP contribution is 2.46. The van der Waals surface area contributed by atoms with Gasteiger partial charge in [-0.25, -0.2) is 4.79 Å². The van der Waals surface area contributed by atoms with Crippen LogP contribution >= 0.6 is 7.92 Å². The van der Waals surface area contributed by atoms with E-state index in [1.807, 2.05) is 12.1 Å². The number of allylic oxidation sites excluding steroid dienone is 1. The Labute approximate surface area is 138 Å². The molecular weight excluding hydrogens is 305 g/mol. The molecule has 2 aromatic rings. The fraction of sp³-hybridized carbons (Fsp3) is 0.211. The van der Waals surface area contributed by atoms with Gasteiger partial charge in [0.2, 0.25) is 0 Å². The van der Waals surface area contributed by atoms with E-state index in [2.05, 4.69) is 54.6 Å². The maximum Gasteiger partial charge on any atom is 0.414 e. The van der Waals surface area contributed by atoms with E-state index < -0.39 is 7.92 Å². The van der Waals surface area contributed by atoms with Crippen molar-refractivity contribution >= 4 is 24.6 Å². The Bertz CT molecular complexity index is 646. The van der Waals surface area contributed by atoms with Gasteiger partial charge in [-0.15, -0.1) is 0 Å². The van der Waals surface area contributed by atoms with Crippen molar-refractivity contribution in [2.75, 3.05) is 13.7 Å². The summed E-state index contributed by atoms with van der Waals surface area (Å²) in [7, 11) is 0.686. The van der Waals surface area contributed by atoms with Gasteiger partial charge in [0, 0.05) is 14.5 Å². The van der Waals surface area contributed by atoms with Gasteiger partial charge in [-0.1, -0.05) is 66.7 Å². The maximum atomic E-state index is 12.2. The number of amides is 1. The molecule has 3 nitrogen and oxygen atoms in total. The van der Waals surface area contributed by atoms with Gasteiger partial charge in [-0.3, -0.25) is 4.90 Å². The van der Waals surface area contributed by atoms with E-state index in [0.717, 1.165) is 24.8 Å². The number of carbonyl (C=O) groups excluding carboxylic acids is 1. The minimum atomic E-state index is -0.760. The molecule has 0 unspecified atom stereocenters. The summed E-state index contributed by atoms with van der Waals surface area (Å²) in [5.41, 5.74) is 1.08. The van der Waals surface area contributed by atoms with Crippen molar-refractivity contribution in [1.29, 1.82) is 0 Å². The molecule has 1 aliphatic rings. The van der Waals surface area contributed by atoms with E-state index in [0.29, 0.717) is 0 Å². The average molecular weight is 325 g/mol. The zero-order valence-electron chi connectivity index (χ0n) is 13.2. The van der Waals surface area contributed by atoms with Crippen LogP contribution in [0.3, 0.4) is 0 Å². The van der Waals surface area contributed by atoms with Crippen LogP contribution < -0.4 is 10.6 Å². The number of benzene rings is 2. The third-order valence-corrected chi connectivity index (χ3v) is 6.35. The van der Waals surface area contributed by atoms with Gasteiger partial charge in [-0.2, -0.15) is 0 Å². The van der Waals surface area contributed by atoms with E-state index in [1.54, 1.807) is 4.90 Å². The van der Waals surface area contributed by atoms with Crippen molar-refractivity contribution in [2.24, 2.45) is 0 Å². The van der Waals surface area contributed by atoms with E-state index in [9.17, 15) is 4.79 Å². The zero-order valence-corrected chi connectivity index (χ0v) is 14.1. The SMILES string of the molecule is COC(=O)N1CCCC=C1P(c1ccccc1)c1ccccc1. The Morgan fingerprint density at radius 2 is 1.57 bits per heavy atom. The summed E-state index contributed by atoms with van der Waals surface area (Å²) in [5.74, 6) is 0. The Morgan fingerprint density at radius 3 is 2.09 bits per heavy atom. The summed E-state index contributed by atoms with van der Waals surface area (Å²) in [6, 6.07) is 20.8. The van der Waals surface area contributed by atoms with Crippen LogP contribution in [0, 0.1) is 0 Å². The van der Waals surface area contributed by atoms with Crippen LogP contribution in [0.25, 0.3) is 0 Å². The van der Waals surface area contributed by atoms with E-state index in [4.69, 9.17) is 4.74 Å². The highest BCUT2D eigenvalue weighted by Gasteiger charge is 2.29. The summed E-state index contributed by atoms with van der Waals surface area (Å²) >= 11 is 0. The molecule has 0 radical (unpaired) electrons. The van der Waals surface area contributed by atoms with Crippen LogP contribution in [0.2, 0.25) is 0 Å². The van der Waals surface area contributed by atoms with Gasteiger partial charge in [-0.05, 0) is 23.5 Å². The monoisotopic (exact) mass is 325 g/mol. The lowest BCUT2D eigenvalue weighted by Crippen LogP contribution is -2.35. The second-order valence-corrected chi connectivity index (χ2v) is 7.49. The summed E-state index contributed by atoms with van der Waals surface area (Å²) in [6.07, 6.45) is 3.91. The Morgan fingerprint density at radius 1 is 1.00 bits per heavy atom. The number of hydrogen-bond acceptors (Lipinski definition) is 2. The largest absolute Gasteiger partial charge is 0.452 e. The van der Waals surface area contributed by atoms with Gasteiger partial charge in [0.1, 0.15) is 0 Å². The summed E-state index contributed by atoms with van der Waals surface area (Å²) < 4.78 is 5.00. The first-order valence-corrected chi connectivity index (χ1v) is 9.11. The predicted molar refractivity (Wildman–Crippen MR) is 95.5 cm³/mol. The third-order valence-electron chi connectivity index (χ3n) is 3.84. The molecule has 0 aliphatic carbocycles. The van der Waals surface area contributed by atoms with Gasteiger partial charge >= 0.3 is 6.09 Å². The highest BCUT2D eigenvalue weighted by molar-refractivity contribution is 7.76. The lowest BCUT2D eigenvalue weighted by atomic mass is 10.2. The first kappa shape index (κ1) is 15.8. The van der Waals surface area contributed by atoms with Gasteiger partial charge in [0.05, 0.1) is 12.5 Å². The summed E-state index contributed by atoms with van der Waals surface area (Å²) in [4.78, 5) is 14.0. The molecule has 0 saturated carbocycles. The van der Waals surface area contributed by atoms with Crippen LogP contribution in [0.15, 0.2) is 72.2 Å². The molecule has 1 aliphatic heterocycles. The number of hydrogen-bond donors (Lipinski definition) is 0. The Kier molecular flexibility index (Phi) is 5.09. The van der Waals surface area contributed by atoms with Crippen LogP contribution in [-0.2, 0) is 4.74 Å². The second kappa shape index (κ2) is 7.43. The second-order valence-electron chi connectivity index (χ2n) is 5.33. The third kappa shape index (κ3) is 3.46. The molecule has 3 rings (SSSR count). The van der Waals surface area contributed by atoms with Crippen molar-refractivity contribution in [3.63, 3.8) is 0 Å². The summed E-state index contributed by atoms with van der Waals surface area (Å²) in [6.45, 7) is 0.719. The molecule has 23 heavy (non-hydrogen) atoms. The van der Waals surface area contributed by atoms with E-state index in [-0.39, 0.29) is 6.09 Å². The normalized spacial score (nSPS) is 14.5. The van der Waals surface area contributed by atoms with Crippen LogP contribution in [0.4, 0.5) is 4.79 Å². The van der Waals surface area contributed by atoms with Crippen molar-refractivity contribution in [3.05, 3.63) is 72.2 Å². The molecule has 0 aromatic heterocycles. The fourth-order valence-corrected chi connectivity index (χ4v) is 5.28. The number of carbonyl (C=O) groups is 1. The first-order valence-electron chi connectivity index (χ1n) is 7.77. The number of nitrogens with zero attached hydrogens (tertiary/aromatic N) is 1. The first-order chi connectivity index (χ1) is 11.3. The molecule has 4 heteroatoms. The minimum Gasteiger partial charge on any atom is -0.452 e.